The Kier molecular flexibility index (Phi) is 7.55. The van der Waals surface area contributed by atoms with E-state index in [1.165, 1.54) is 0 Å². The van der Waals surface area contributed by atoms with Crippen molar-refractivity contribution in [2.75, 3.05) is 17.7 Å². The van der Waals surface area contributed by atoms with Gasteiger partial charge in [-0.1, -0.05) is 52.6 Å². The highest BCUT2D eigenvalue weighted by molar-refractivity contribution is 9.10. The molecule has 2 N–H and O–H groups in total. The monoisotopic (exact) mass is 614 g/mol. The minimum absolute atomic E-state index is 0.193. The molecule has 1 amide bonds. The molecule has 2 heterocycles. The molecule has 1 unspecified atom stereocenters. The van der Waals surface area contributed by atoms with Crippen LogP contribution in [0.1, 0.15) is 24.1 Å². The normalized spacial score (nSPS) is 14.5. The molecule has 1 aliphatic rings. The molecule has 9 nitrogen and oxygen atoms in total. The van der Waals surface area contributed by atoms with Crippen molar-refractivity contribution in [3.05, 3.63) is 97.6 Å². The maximum absolute atomic E-state index is 13.5. The van der Waals surface area contributed by atoms with Gasteiger partial charge >= 0.3 is 0 Å². The van der Waals surface area contributed by atoms with E-state index in [0.29, 0.717) is 54.5 Å². The molecule has 0 aliphatic carbocycles. The van der Waals surface area contributed by atoms with Gasteiger partial charge in [0.2, 0.25) is 5.95 Å². The maximum Gasteiger partial charge on any atom is 0.255 e. The number of nitrogens with one attached hydrogen (secondary N) is 2. The highest BCUT2D eigenvalue weighted by atomic mass is 79.9. The quantitative estimate of drug-likeness (QED) is 0.253. The lowest BCUT2D eigenvalue weighted by Crippen LogP contribution is -2.31. The smallest absolute Gasteiger partial charge is 0.255 e. The van der Waals surface area contributed by atoms with Gasteiger partial charge in [-0.15, -0.1) is 0 Å². The number of halogens is 3. The summed E-state index contributed by atoms with van der Waals surface area (Å²) in [7, 11) is 1.54. The zero-order valence-corrected chi connectivity index (χ0v) is 23.3. The Balaban J connectivity index is 1.51. The van der Waals surface area contributed by atoms with Crippen LogP contribution in [-0.4, -0.2) is 33.2 Å². The van der Waals surface area contributed by atoms with E-state index in [-0.39, 0.29) is 12.5 Å². The number of rotatable bonds is 7. The van der Waals surface area contributed by atoms with E-state index < -0.39 is 6.04 Å². The molecule has 0 spiro atoms. The van der Waals surface area contributed by atoms with Crippen LogP contribution in [0.4, 0.5) is 11.6 Å². The second kappa shape index (κ2) is 11.0. The minimum Gasteiger partial charge on any atom is -0.493 e. The highest BCUT2D eigenvalue weighted by Gasteiger charge is 2.35. The fourth-order valence-electron chi connectivity index (χ4n) is 4.16. The summed E-state index contributed by atoms with van der Waals surface area (Å²) in [6, 6.07) is 17.4. The summed E-state index contributed by atoms with van der Waals surface area (Å²) in [5, 5.41) is 19.1. The molecule has 38 heavy (non-hydrogen) atoms. The highest BCUT2D eigenvalue weighted by Crippen LogP contribution is 2.43. The Morgan fingerprint density at radius 3 is 2.68 bits per heavy atom. The topological polar surface area (TPSA) is 103 Å². The molecule has 1 aromatic heterocycles. The van der Waals surface area contributed by atoms with E-state index in [4.69, 9.17) is 32.7 Å². The molecule has 1 atom stereocenters. The van der Waals surface area contributed by atoms with Gasteiger partial charge in [0, 0.05) is 27.0 Å². The van der Waals surface area contributed by atoms with Crippen molar-refractivity contribution in [3.63, 3.8) is 0 Å². The molecule has 0 bridgehead atoms. The standard InChI is InChI=1S/C26H21BrCl2N6O3/c1-14-22(25(36)31-18-6-4-3-5-7-18)23(35-26(30-14)32-33-34-35)16-10-19(27)24(21(11-16)37-2)38-13-15-8-9-17(28)12-20(15)29/h3-12,23H,13H2,1-2H3,(H,31,36)(H,30,32,34). The average Bonchev–Trinajstić information content (AvgIpc) is 3.36. The summed E-state index contributed by atoms with van der Waals surface area (Å²) in [4.78, 5) is 13.5. The number of carbonyl (C=O) groups excluding carboxylic acids is 1. The number of methoxy groups -OCH3 is 1. The lowest BCUT2D eigenvalue weighted by Gasteiger charge is -2.28. The number of benzene rings is 3. The molecule has 12 heteroatoms. The van der Waals surface area contributed by atoms with Crippen molar-refractivity contribution in [1.29, 1.82) is 0 Å². The molecule has 0 radical (unpaired) electrons. The first-order valence-corrected chi connectivity index (χ1v) is 13.0. The third-order valence-electron chi connectivity index (χ3n) is 5.95. The van der Waals surface area contributed by atoms with E-state index in [1.54, 1.807) is 36.1 Å². The Bertz CT molecular complexity index is 1540. The molecular weight excluding hydrogens is 595 g/mol. The molecule has 0 saturated carbocycles. The van der Waals surface area contributed by atoms with Gasteiger partial charge in [-0.3, -0.25) is 4.79 Å². The number of para-hydroxylation sites is 1. The van der Waals surface area contributed by atoms with E-state index in [0.717, 1.165) is 5.56 Å². The van der Waals surface area contributed by atoms with Crippen LogP contribution in [0.5, 0.6) is 11.5 Å². The number of ether oxygens (including phenoxy) is 2. The zero-order chi connectivity index (χ0) is 26.8. The molecule has 1 aliphatic heterocycles. The van der Waals surface area contributed by atoms with E-state index >= 15 is 0 Å². The van der Waals surface area contributed by atoms with Crippen molar-refractivity contribution >= 4 is 56.7 Å². The molecule has 194 valence electrons. The lowest BCUT2D eigenvalue weighted by molar-refractivity contribution is -0.113. The number of nitrogens with zero attached hydrogens (tertiary/aromatic N) is 4. The summed E-state index contributed by atoms with van der Waals surface area (Å²) >= 11 is 15.9. The van der Waals surface area contributed by atoms with Gasteiger partial charge in [0.15, 0.2) is 11.5 Å². The first-order valence-electron chi connectivity index (χ1n) is 11.4. The van der Waals surface area contributed by atoms with Crippen molar-refractivity contribution in [3.8, 4) is 11.5 Å². The van der Waals surface area contributed by atoms with Crippen LogP contribution in [0.25, 0.3) is 0 Å². The number of fused-ring (bicyclic) bond motifs is 1. The fourth-order valence-corrected chi connectivity index (χ4v) is 5.20. The number of tetrazole rings is 1. The summed E-state index contributed by atoms with van der Waals surface area (Å²) in [6.07, 6.45) is 0. The predicted molar refractivity (Wildman–Crippen MR) is 149 cm³/mol. The molecule has 0 fully saturated rings. The second-order valence-electron chi connectivity index (χ2n) is 8.39. The Morgan fingerprint density at radius 2 is 1.95 bits per heavy atom. The number of hydrogen-bond acceptors (Lipinski definition) is 7. The molecule has 5 rings (SSSR count). The van der Waals surface area contributed by atoms with Crippen LogP contribution in [0.15, 0.2) is 76.4 Å². The number of carbonyl (C=O) groups is 1. The van der Waals surface area contributed by atoms with Crippen LogP contribution in [0.3, 0.4) is 0 Å². The number of hydrogen-bond donors (Lipinski definition) is 2. The van der Waals surface area contributed by atoms with Gasteiger partial charge in [-0.2, -0.15) is 4.68 Å². The summed E-state index contributed by atoms with van der Waals surface area (Å²) < 4.78 is 13.9. The number of amides is 1. The third-order valence-corrected chi connectivity index (χ3v) is 7.12. The Hall–Kier alpha value is -3.60. The van der Waals surface area contributed by atoms with Crippen LogP contribution < -0.4 is 20.1 Å². The third kappa shape index (κ3) is 5.20. The summed E-state index contributed by atoms with van der Waals surface area (Å²) in [5.41, 5.74) is 3.22. The minimum atomic E-state index is -0.644. The van der Waals surface area contributed by atoms with Gasteiger partial charge in [0.25, 0.3) is 5.91 Å². The van der Waals surface area contributed by atoms with Gasteiger partial charge in [0.05, 0.1) is 17.2 Å². The Labute approximate surface area is 236 Å². The second-order valence-corrected chi connectivity index (χ2v) is 10.1. The van der Waals surface area contributed by atoms with Gasteiger partial charge in [0.1, 0.15) is 12.6 Å². The SMILES string of the molecule is COc1cc(C2C(C(=O)Nc3ccccc3)=C(C)Nc3nnnn32)cc(Br)c1OCc1ccc(Cl)cc1Cl. The predicted octanol–water partition coefficient (Wildman–Crippen LogP) is 6.26. The number of aromatic nitrogens is 4. The molecule has 3 aromatic carbocycles. The van der Waals surface area contributed by atoms with Crippen LogP contribution in [0, 0.1) is 0 Å². The van der Waals surface area contributed by atoms with Crippen LogP contribution in [0.2, 0.25) is 10.0 Å². The maximum atomic E-state index is 13.5. The largest absolute Gasteiger partial charge is 0.493 e. The Morgan fingerprint density at radius 1 is 1.16 bits per heavy atom. The van der Waals surface area contributed by atoms with Gasteiger partial charge in [-0.05, 0) is 75.2 Å². The summed E-state index contributed by atoms with van der Waals surface area (Å²) in [6.45, 7) is 2.00. The van der Waals surface area contributed by atoms with E-state index in [9.17, 15) is 4.79 Å². The van der Waals surface area contributed by atoms with Crippen molar-refractivity contribution < 1.29 is 14.3 Å². The van der Waals surface area contributed by atoms with Crippen molar-refractivity contribution in [2.45, 2.75) is 19.6 Å². The molecule has 4 aromatic rings. The first-order chi connectivity index (χ1) is 18.4. The van der Waals surface area contributed by atoms with E-state index in [2.05, 4.69) is 42.1 Å². The van der Waals surface area contributed by atoms with Crippen LogP contribution in [-0.2, 0) is 11.4 Å². The zero-order valence-electron chi connectivity index (χ0n) is 20.2. The van der Waals surface area contributed by atoms with Gasteiger partial charge in [-0.25, -0.2) is 0 Å². The summed E-state index contributed by atoms with van der Waals surface area (Å²) in [5.74, 6) is 1.05. The van der Waals surface area contributed by atoms with Crippen LogP contribution >= 0.6 is 39.1 Å². The number of allylic oxidation sites excluding steroid dienone is 1. The van der Waals surface area contributed by atoms with Crippen molar-refractivity contribution in [1.82, 2.24) is 20.2 Å². The lowest BCUT2D eigenvalue weighted by atomic mass is 9.94. The fraction of sp³-hybridized carbons (Fsp3) is 0.154. The van der Waals surface area contributed by atoms with Crippen molar-refractivity contribution in [2.24, 2.45) is 0 Å². The molecular formula is C26H21BrCl2N6O3. The number of anilines is 2. The first kappa shape index (κ1) is 26.0. The molecule has 0 saturated heterocycles. The van der Waals surface area contributed by atoms with E-state index in [1.807, 2.05) is 43.3 Å². The van der Waals surface area contributed by atoms with Gasteiger partial charge < -0.3 is 20.1 Å². The average molecular weight is 616 g/mol.